The van der Waals surface area contributed by atoms with Gasteiger partial charge in [0.25, 0.3) is 0 Å². The van der Waals surface area contributed by atoms with E-state index >= 15 is 0 Å². The van der Waals surface area contributed by atoms with E-state index in [4.69, 9.17) is 0 Å². The molecule has 2 heterocycles. The molecule has 1 aliphatic heterocycles. The Bertz CT molecular complexity index is 376. The van der Waals surface area contributed by atoms with Crippen molar-refractivity contribution in [2.24, 2.45) is 0 Å². The van der Waals surface area contributed by atoms with Gasteiger partial charge in [-0.3, -0.25) is 0 Å². The van der Waals surface area contributed by atoms with Crippen LogP contribution < -0.4 is 15.0 Å². The third-order valence-corrected chi connectivity index (χ3v) is 2.54. The summed E-state index contributed by atoms with van der Waals surface area (Å²) in [6.45, 7) is 2.33. The van der Waals surface area contributed by atoms with Crippen LogP contribution in [0.15, 0.2) is 12.1 Å². The number of nitrogens with zero attached hydrogens (tertiary/aromatic N) is 3. The maximum absolute atomic E-state index is 11.9. The highest BCUT2D eigenvalue weighted by molar-refractivity contribution is 5.38. The van der Waals surface area contributed by atoms with Gasteiger partial charge >= 0.3 is 6.18 Å². The van der Waals surface area contributed by atoms with Crippen molar-refractivity contribution in [2.45, 2.75) is 6.18 Å². The van der Waals surface area contributed by atoms with Gasteiger partial charge in [-0.15, -0.1) is 10.2 Å². The highest BCUT2D eigenvalue weighted by Crippen LogP contribution is 2.18. The van der Waals surface area contributed by atoms with Gasteiger partial charge in [0.15, 0.2) is 12.4 Å². The van der Waals surface area contributed by atoms with Crippen molar-refractivity contribution in [3.05, 3.63) is 12.1 Å². The van der Waals surface area contributed by atoms with Crippen LogP contribution in [0.3, 0.4) is 0 Å². The zero-order chi connectivity index (χ0) is 13.0. The van der Waals surface area contributed by atoms with Crippen LogP contribution >= 0.6 is 0 Å². The minimum absolute atomic E-state index is 0.111. The Morgan fingerprint density at radius 2 is 1.94 bits per heavy atom. The van der Waals surface area contributed by atoms with E-state index in [1.807, 2.05) is 4.90 Å². The molecule has 1 aliphatic rings. The number of alkyl halides is 3. The van der Waals surface area contributed by atoms with Crippen LogP contribution in [0.4, 0.5) is 19.0 Å². The zero-order valence-electron chi connectivity index (χ0n) is 9.65. The number of ether oxygens (including phenoxy) is 1. The molecule has 2 N–H and O–H groups in total. The fourth-order valence-corrected chi connectivity index (χ4v) is 1.69. The van der Waals surface area contributed by atoms with Crippen molar-refractivity contribution < 1.29 is 23.2 Å². The molecular formula is C10H14F3N4O+. The van der Waals surface area contributed by atoms with E-state index in [9.17, 15) is 13.2 Å². The van der Waals surface area contributed by atoms with Crippen molar-refractivity contribution in [1.29, 1.82) is 0 Å². The molecule has 0 saturated carbocycles. The van der Waals surface area contributed by atoms with Gasteiger partial charge in [0.1, 0.15) is 0 Å². The molecule has 0 atom stereocenters. The fourth-order valence-electron chi connectivity index (χ4n) is 1.69. The van der Waals surface area contributed by atoms with E-state index in [0.29, 0.717) is 5.82 Å². The third kappa shape index (κ3) is 3.73. The van der Waals surface area contributed by atoms with Gasteiger partial charge in [-0.1, -0.05) is 0 Å². The molecule has 18 heavy (non-hydrogen) atoms. The predicted molar refractivity (Wildman–Crippen MR) is 57.5 cm³/mol. The van der Waals surface area contributed by atoms with Crippen molar-refractivity contribution >= 4 is 5.82 Å². The third-order valence-electron chi connectivity index (χ3n) is 2.54. The van der Waals surface area contributed by atoms with Gasteiger partial charge in [0.2, 0.25) is 5.88 Å². The normalized spacial score (nSPS) is 16.7. The molecule has 1 saturated heterocycles. The Kier molecular flexibility index (Phi) is 3.85. The molecule has 100 valence electrons. The zero-order valence-corrected chi connectivity index (χ0v) is 9.65. The van der Waals surface area contributed by atoms with Crippen LogP contribution in [-0.4, -0.2) is 49.2 Å². The van der Waals surface area contributed by atoms with Gasteiger partial charge in [0.05, 0.1) is 26.2 Å². The van der Waals surface area contributed by atoms with E-state index in [1.54, 1.807) is 6.07 Å². The second-order valence-electron chi connectivity index (χ2n) is 3.99. The number of halogens is 3. The molecule has 0 unspecified atom stereocenters. The lowest BCUT2D eigenvalue weighted by atomic mass is 10.3. The lowest BCUT2D eigenvalue weighted by molar-refractivity contribution is -0.655. The number of rotatable bonds is 3. The Morgan fingerprint density at radius 1 is 1.22 bits per heavy atom. The lowest BCUT2D eigenvalue weighted by Gasteiger charge is -2.25. The highest BCUT2D eigenvalue weighted by Gasteiger charge is 2.28. The molecule has 0 radical (unpaired) electrons. The number of hydrogen-bond acceptors (Lipinski definition) is 4. The van der Waals surface area contributed by atoms with E-state index in [2.05, 4.69) is 20.3 Å². The molecule has 5 nitrogen and oxygen atoms in total. The quantitative estimate of drug-likeness (QED) is 0.820. The first-order valence-electron chi connectivity index (χ1n) is 5.64. The molecule has 8 heteroatoms. The largest absolute Gasteiger partial charge is 0.467 e. The summed E-state index contributed by atoms with van der Waals surface area (Å²) in [5.41, 5.74) is 0. The summed E-state index contributed by atoms with van der Waals surface area (Å²) in [7, 11) is 0. The Balaban J connectivity index is 1.92. The molecule has 0 aromatic carbocycles. The minimum atomic E-state index is -4.36. The second-order valence-corrected chi connectivity index (χ2v) is 3.99. The van der Waals surface area contributed by atoms with Crippen molar-refractivity contribution in [2.75, 3.05) is 37.7 Å². The number of piperazine rings is 1. The summed E-state index contributed by atoms with van der Waals surface area (Å²) in [5.74, 6) is 0.558. The van der Waals surface area contributed by atoms with E-state index in [-0.39, 0.29) is 5.88 Å². The molecule has 1 fully saturated rings. The number of hydrogen-bond donors (Lipinski definition) is 1. The minimum Gasteiger partial charge on any atom is -0.467 e. The summed E-state index contributed by atoms with van der Waals surface area (Å²) < 4.78 is 40.3. The topological polar surface area (TPSA) is 54.9 Å². The summed E-state index contributed by atoms with van der Waals surface area (Å²) in [4.78, 5) is 2.04. The Hall–Kier alpha value is -1.57. The van der Waals surface area contributed by atoms with Gasteiger partial charge in [-0.25, -0.2) is 0 Å². The summed E-state index contributed by atoms with van der Waals surface area (Å²) >= 11 is 0. The number of nitrogens with two attached hydrogens (primary N) is 1. The first-order chi connectivity index (χ1) is 8.54. The average Bonchev–Trinajstić information content (AvgIpc) is 2.37. The second kappa shape index (κ2) is 5.38. The summed E-state index contributed by atoms with van der Waals surface area (Å²) in [6.07, 6.45) is -4.36. The van der Waals surface area contributed by atoms with Crippen LogP contribution in [0.25, 0.3) is 0 Å². The smallest absolute Gasteiger partial charge is 0.422 e. The standard InChI is InChI=1S/C10H13F3N4O/c11-10(12,13)7-18-9-2-1-8(15-16-9)17-5-3-14-4-6-17/h1-2,14H,3-7H2/p+1. The molecule has 0 aliphatic carbocycles. The SMILES string of the molecule is FC(F)(F)COc1ccc(N2CC[NH2+]CC2)nn1. The van der Waals surface area contributed by atoms with Crippen molar-refractivity contribution in [3.63, 3.8) is 0 Å². The highest BCUT2D eigenvalue weighted by atomic mass is 19.4. The predicted octanol–water partition coefficient (Wildman–Crippen LogP) is -0.199. The molecule has 0 bridgehead atoms. The van der Waals surface area contributed by atoms with Crippen molar-refractivity contribution in [3.8, 4) is 5.88 Å². The van der Waals surface area contributed by atoms with Crippen molar-refractivity contribution in [1.82, 2.24) is 10.2 Å². The first-order valence-corrected chi connectivity index (χ1v) is 5.64. The molecule has 1 aromatic heterocycles. The molecule has 1 aromatic rings. The maximum atomic E-state index is 11.9. The van der Waals surface area contributed by atoms with Crippen LogP contribution in [0.5, 0.6) is 5.88 Å². The number of quaternary nitrogens is 1. The summed E-state index contributed by atoms with van der Waals surface area (Å²) in [6, 6.07) is 3.04. The molecule has 0 amide bonds. The lowest BCUT2D eigenvalue weighted by Crippen LogP contribution is -2.89. The van der Waals surface area contributed by atoms with Gasteiger partial charge < -0.3 is 15.0 Å². The van der Waals surface area contributed by atoms with Gasteiger partial charge in [-0.05, 0) is 6.07 Å². The molecular weight excluding hydrogens is 249 g/mol. The first kappa shape index (κ1) is 12.9. The summed E-state index contributed by atoms with van der Waals surface area (Å²) in [5, 5.41) is 9.70. The number of aromatic nitrogens is 2. The maximum Gasteiger partial charge on any atom is 0.422 e. The van der Waals surface area contributed by atoms with Crippen LogP contribution in [0.2, 0.25) is 0 Å². The Labute approximate surface area is 102 Å². The molecule has 0 spiro atoms. The average molecular weight is 263 g/mol. The van der Waals surface area contributed by atoms with E-state index in [0.717, 1.165) is 26.2 Å². The monoisotopic (exact) mass is 263 g/mol. The van der Waals surface area contributed by atoms with Crippen LogP contribution in [0, 0.1) is 0 Å². The van der Waals surface area contributed by atoms with Gasteiger partial charge in [-0.2, -0.15) is 13.2 Å². The molecule has 2 rings (SSSR count). The van der Waals surface area contributed by atoms with Crippen LogP contribution in [0.1, 0.15) is 0 Å². The number of anilines is 1. The van der Waals surface area contributed by atoms with E-state index in [1.165, 1.54) is 6.07 Å². The van der Waals surface area contributed by atoms with Gasteiger partial charge in [0, 0.05) is 6.07 Å². The fraction of sp³-hybridized carbons (Fsp3) is 0.600. The van der Waals surface area contributed by atoms with E-state index < -0.39 is 12.8 Å². The Morgan fingerprint density at radius 3 is 2.50 bits per heavy atom. The van der Waals surface area contributed by atoms with Crippen LogP contribution in [-0.2, 0) is 0 Å².